The van der Waals surface area contributed by atoms with Crippen LogP contribution in [0, 0.1) is 6.92 Å². The summed E-state index contributed by atoms with van der Waals surface area (Å²) in [5.41, 5.74) is 3.91. The molecule has 0 aliphatic rings. The van der Waals surface area contributed by atoms with Crippen molar-refractivity contribution in [2.24, 2.45) is 0 Å². The van der Waals surface area contributed by atoms with Crippen molar-refractivity contribution >= 4 is 11.8 Å². The van der Waals surface area contributed by atoms with Gasteiger partial charge in [0, 0.05) is 18.5 Å². The lowest BCUT2D eigenvalue weighted by atomic mass is 10.2. The summed E-state index contributed by atoms with van der Waals surface area (Å²) in [6.45, 7) is 6.27. The van der Waals surface area contributed by atoms with E-state index < -0.39 is 0 Å². The molecule has 0 aliphatic heterocycles. The molecule has 0 unspecified atom stereocenters. The maximum Gasteiger partial charge on any atom is 0.0963 e. The third kappa shape index (κ3) is 4.99. The Hall–Kier alpha value is -1.32. The van der Waals surface area contributed by atoms with Crippen LogP contribution >= 0.6 is 11.8 Å². The van der Waals surface area contributed by atoms with Gasteiger partial charge in [0.2, 0.25) is 0 Å². The van der Waals surface area contributed by atoms with E-state index in [1.165, 1.54) is 16.7 Å². The summed E-state index contributed by atoms with van der Waals surface area (Å²) in [6.07, 6.45) is 3.14. The van der Waals surface area contributed by atoms with E-state index in [0.717, 1.165) is 30.3 Å². The van der Waals surface area contributed by atoms with Gasteiger partial charge >= 0.3 is 0 Å². The number of hydrogen-bond acceptors (Lipinski definition) is 3. The van der Waals surface area contributed by atoms with Gasteiger partial charge in [0.25, 0.3) is 0 Å². The van der Waals surface area contributed by atoms with E-state index in [4.69, 9.17) is 0 Å². The van der Waals surface area contributed by atoms with Gasteiger partial charge in [-0.15, -0.1) is 11.8 Å². The molecule has 0 aliphatic carbocycles. The molecule has 0 saturated carbocycles. The van der Waals surface area contributed by atoms with Gasteiger partial charge in [-0.3, -0.25) is 0 Å². The van der Waals surface area contributed by atoms with Crippen molar-refractivity contribution in [2.45, 2.75) is 37.6 Å². The first-order valence-electron chi connectivity index (χ1n) is 7.12. The number of rotatable bonds is 7. The number of aryl methyl sites for hydroxylation is 1. The molecule has 2 nitrogen and oxygen atoms in total. The molecule has 1 heterocycles. The molecule has 0 spiro atoms. The molecule has 2 aromatic rings. The second-order valence-corrected chi connectivity index (χ2v) is 5.95. The Bertz CT molecular complexity index is 523. The quantitative estimate of drug-likeness (QED) is 0.610. The fourth-order valence-corrected chi connectivity index (χ4v) is 2.76. The minimum atomic E-state index is 0.906. The van der Waals surface area contributed by atoms with Gasteiger partial charge in [0.15, 0.2) is 0 Å². The Morgan fingerprint density at radius 3 is 2.75 bits per heavy atom. The van der Waals surface area contributed by atoms with Crippen molar-refractivity contribution in [1.29, 1.82) is 0 Å². The van der Waals surface area contributed by atoms with E-state index in [1.807, 2.05) is 6.20 Å². The van der Waals surface area contributed by atoms with Crippen molar-refractivity contribution in [3.05, 3.63) is 59.3 Å². The SMILES string of the molecule is CCCNCc1ccc(SCc2cccc(C)c2)nc1. The molecule has 1 N–H and O–H groups in total. The van der Waals surface area contributed by atoms with Crippen LogP contribution in [-0.2, 0) is 12.3 Å². The highest BCUT2D eigenvalue weighted by atomic mass is 32.2. The monoisotopic (exact) mass is 286 g/mol. The summed E-state index contributed by atoms with van der Waals surface area (Å²) in [6, 6.07) is 12.9. The average Bonchev–Trinajstić information content (AvgIpc) is 2.47. The highest BCUT2D eigenvalue weighted by Gasteiger charge is 1.99. The lowest BCUT2D eigenvalue weighted by Gasteiger charge is -2.05. The van der Waals surface area contributed by atoms with Crippen molar-refractivity contribution in [2.75, 3.05) is 6.54 Å². The Morgan fingerprint density at radius 2 is 2.05 bits per heavy atom. The smallest absolute Gasteiger partial charge is 0.0963 e. The molecule has 0 radical (unpaired) electrons. The zero-order valence-electron chi connectivity index (χ0n) is 12.2. The molecule has 0 amide bonds. The van der Waals surface area contributed by atoms with E-state index >= 15 is 0 Å². The Labute approximate surface area is 126 Å². The highest BCUT2D eigenvalue weighted by Crippen LogP contribution is 2.21. The van der Waals surface area contributed by atoms with E-state index in [-0.39, 0.29) is 0 Å². The predicted molar refractivity (Wildman–Crippen MR) is 87.0 cm³/mol. The van der Waals surface area contributed by atoms with Crippen molar-refractivity contribution in [3.8, 4) is 0 Å². The summed E-state index contributed by atoms with van der Waals surface area (Å²) < 4.78 is 0. The second-order valence-electron chi connectivity index (χ2n) is 4.96. The molecule has 0 fully saturated rings. The lowest BCUT2D eigenvalue weighted by molar-refractivity contribution is 0.673. The minimum Gasteiger partial charge on any atom is -0.313 e. The van der Waals surface area contributed by atoms with E-state index in [9.17, 15) is 0 Å². The molecule has 106 valence electrons. The van der Waals surface area contributed by atoms with Gasteiger partial charge in [-0.25, -0.2) is 4.98 Å². The van der Waals surface area contributed by atoms with Gasteiger partial charge in [0.05, 0.1) is 5.03 Å². The zero-order chi connectivity index (χ0) is 14.2. The predicted octanol–water partition coefficient (Wildman–Crippen LogP) is 4.18. The first-order chi connectivity index (χ1) is 9.78. The van der Waals surface area contributed by atoms with Gasteiger partial charge in [0.1, 0.15) is 0 Å². The van der Waals surface area contributed by atoms with Crippen LogP contribution in [-0.4, -0.2) is 11.5 Å². The second kappa shape index (κ2) is 8.08. The molecule has 20 heavy (non-hydrogen) atoms. The van der Waals surface area contributed by atoms with Gasteiger partial charge in [-0.1, -0.05) is 42.8 Å². The maximum atomic E-state index is 4.52. The Morgan fingerprint density at radius 1 is 1.15 bits per heavy atom. The molecule has 1 aromatic heterocycles. The molecular weight excluding hydrogens is 264 g/mol. The first-order valence-corrected chi connectivity index (χ1v) is 8.10. The van der Waals surface area contributed by atoms with Gasteiger partial charge in [-0.05, 0) is 37.1 Å². The largest absolute Gasteiger partial charge is 0.313 e. The maximum absolute atomic E-state index is 4.52. The summed E-state index contributed by atoms with van der Waals surface area (Å²) in [5, 5.41) is 4.48. The van der Waals surface area contributed by atoms with Crippen molar-refractivity contribution < 1.29 is 0 Å². The standard InChI is InChI=1S/C17H22N2S/c1-3-9-18-11-16-7-8-17(19-12-16)20-13-15-6-4-5-14(2)10-15/h4-8,10,12,18H,3,9,11,13H2,1-2H3. The van der Waals surface area contributed by atoms with Crippen LogP contribution in [0.25, 0.3) is 0 Å². The average molecular weight is 286 g/mol. The fraction of sp³-hybridized carbons (Fsp3) is 0.353. The molecule has 2 rings (SSSR count). The van der Waals surface area contributed by atoms with Crippen LogP contribution in [0.5, 0.6) is 0 Å². The Balaban J connectivity index is 1.84. The lowest BCUT2D eigenvalue weighted by Crippen LogP contribution is -2.13. The van der Waals surface area contributed by atoms with Crippen LogP contribution < -0.4 is 5.32 Å². The van der Waals surface area contributed by atoms with Crippen LogP contribution in [0.3, 0.4) is 0 Å². The van der Waals surface area contributed by atoms with Gasteiger partial charge in [-0.2, -0.15) is 0 Å². The molecule has 3 heteroatoms. The van der Waals surface area contributed by atoms with E-state index in [1.54, 1.807) is 11.8 Å². The molecule has 0 bridgehead atoms. The van der Waals surface area contributed by atoms with Crippen molar-refractivity contribution in [1.82, 2.24) is 10.3 Å². The van der Waals surface area contributed by atoms with Crippen LogP contribution in [0.2, 0.25) is 0 Å². The molecule has 0 saturated heterocycles. The number of benzene rings is 1. The Kier molecular flexibility index (Phi) is 6.09. The van der Waals surface area contributed by atoms with Crippen LogP contribution in [0.1, 0.15) is 30.0 Å². The highest BCUT2D eigenvalue weighted by molar-refractivity contribution is 7.98. The first kappa shape index (κ1) is 15.1. The van der Waals surface area contributed by atoms with E-state index in [2.05, 4.69) is 60.5 Å². The topological polar surface area (TPSA) is 24.9 Å². The molecular formula is C17H22N2S. The third-order valence-corrected chi connectivity index (χ3v) is 4.04. The number of hydrogen-bond donors (Lipinski definition) is 1. The number of thioether (sulfide) groups is 1. The van der Waals surface area contributed by atoms with Crippen LogP contribution in [0.4, 0.5) is 0 Å². The van der Waals surface area contributed by atoms with Crippen molar-refractivity contribution in [3.63, 3.8) is 0 Å². The minimum absolute atomic E-state index is 0.906. The number of pyridine rings is 1. The summed E-state index contributed by atoms with van der Waals surface area (Å²) in [4.78, 5) is 4.52. The molecule has 1 aromatic carbocycles. The summed E-state index contributed by atoms with van der Waals surface area (Å²) >= 11 is 1.79. The van der Waals surface area contributed by atoms with Gasteiger partial charge < -0.3 is 5.32 Å². The summed E-state index contributed by atoms with van der Waals surface area (Å²) in [5.74, 6) is 0.974. The summed E-state index contributed by atoms with van der Waals surface area (Å²) in [7, 11) is 0. The number of aromatic nitrogens is 1. The molecule has 0 atom stereocenters. The zero-order valence-corrected chi connectivity index (χ0v) is 13.0. The fourth-order valence-electron chi connectivity index (χ4n) is 1.97. The van der Waals surface area contributed by atoms with E-state index in [0.29, 0.717) is 0 Å². The number of nitrogens with zero attached hydrogens (tertiary/aromatic N) is 1. The third-order valence-electron chi connectivity index (χ3n) is 3.02. The normalized spacial score (nSPS) is 10.7. The number of nitrogens with one attached hydrogen (secondary N) is 1. The van der Waals surface area contributed by atoms with Crippen LogP contribution in [0.15, 0.2) is 47.6 Å².